The van der Waals surface area contributed by atoms with E-state index < -0.39 is 0 Å². The quantitative estimate of drug-likeness (QED) is 0.680. The van der Waals surface area contributed by atoms with E-state index in [0.717, 1.165) is 29.6 Å². The van der Waals surface area contributed by atoms with Gasteiger partial charge in [0.15, 0.2) is 0 Å². The van der Waals surface area contributed by atoms with Crippen molar-refractivity contribution < 1.29 is 9.53 Å². The average molecular weight is 323 g/mol. The molecule has 3 aromatic rings. The largest absolute Gasteiger partial charge is 0.380 e. The van der Waals surface area contributed by atoms with Crippen molar-refractivity contribution in [2.75, 3.05) is 13.7 Å². The molecule has 0 radical (unpaired) electrons. The summed E-state index contributed by atoms with van der Waals surface area (Å²) in [5.41, 5.74) is 3.78. The molecule has 0 fully saturated rings. The number of hydrogen-bond donors (Lipinski definition) is 1. The van der Waals surface area contributed by atoms with E-state index in [1.807, 2.05) is 48.8 Å². The van der Waals surface area contributed by atoms with Crippen LogP contribution in [0.3, 0.4) is 0 Å². The highest BCUT2D eigenvalue weighted by Gasteiger charge is 2.06. The summed E-state index contributed by atoms with van der Waals surface area (Å²) >= 11 is 0. The number of imidazole rings is 1. The van der Waals surface area contributed by atoms with Crippen LogP contribution < -0.4 is 5.32 Å². The predicted octanol–water partition coefficient (Wildman–Crippen LogP) is 3.00. The van der Waals surface area contributed by atoms with Gasteiger partial charge in [0.25, 0.3) is 5.91 Å². The lowest BCUT2D eigenvalue weighted by Crippen LogP contribution is -2.25. The number of amides is 1. The first kappa shape index (κ1) is 16.2. The molecule has 0 unspecified atom stereocenters. The molecule has 1 heterocycles. The fraction of sp³-hybridized carbons (Fsp3) is 0.263. The summed E-state index contributed by atoms with van der Waals surface area (Å²) in [7, 11) is 1.65. The molecule has 124 valence electrons. The number of aryl methyl sites for hydroxylation is 1. The van der Waals surface area contributed by atoms with Crippen molar-refractivity contribution >= 4 is 16.9 Å². The number of rotatable bonds is 7. The molecule has 24 heavy (non-hydrogen) atoms. The summed E-state index contributed by atoms with van der Waals surface area (Å²) in [6.45, 7) is 1.96. The van der Waals surface area contributed by atoms with E-state index in [9.17, 15) is 4.79 Å². The number of ether oxygens (including phenoxy) is 1. The Labute approximate surface area is 141 Å². The van der Waals surface area contributed by atoms with Crippen LogP contribution >= 0.6 is 0 Å². The Morgan fingerprint density at radius 2 is 2.08 bits per heavy atom. The topological polar surface area (TPSA) is 56.1 Å². The van der Waals surface area contributed by atoms with Crippen molar-refractivity contribution in [2.24, 2.45) is 0 Å². The molecule has 0 aliphatic carbocycles. The number of carbonyl (C=O) groups excluding carboxylic acids is 1. The monoisotopic (exact) mass is 323 g/mol. The van der Waals surface area contributed by atoms with Gasteiger partial charge in [-0.2, -0.15) is 0 Å². The highest BCUT2D eigenvalue weighted by Crippen LogP contribution is 2.12. The number of nitrogens with one attached hydrogen (secondary N) is 1. The van der Waals surface area contributed by atoms with Crippen molar-refractivity contribution in [1.29, 1.82) is 0 Å². The van der Waals surface area contributed by atoms with E-state index in [4.69, 9.17) is 4.74 Å². The maximum absolute atomic E-state index is 12.2. The number of hydrogen-bond acceptors (Lipinski definition) is 3. The zero-order chi connectivity index (χ0) is 16.8. The highest BCUT2D eigenvalue weighted by atomic mass is 16.5. The molecule has 0 aliphatic heterocycles. The van der Waals surface area contributed by atoms with Gasteiger partial charge in [-0.3, -0.25) is 4.79 Å². The molecule has 0 saturated carbocycles. The summed E-state index contributed by atoms with van der Waals surface area (Å²) < 4.78 is 7.21. The number of benzene rings is 2. The number of para-hydroxylation sites is 2. The summed E-state index contributed by atoms with van der Waals surface area (Å²) in [5.74, 6) is -0.0524. The van der Waals surface area contributed by atoms with Crippen LogP contribution in [-0.2, 0) is 17.9 Å². The Balaban J connectivity index is 1.51. The van der Waals surface area contributed by atoms with Gasteiger partial charge in [0.1, 0.15) is 0 Å². The van der Waals surface area contributed by atoms with E-state index in [1.54, 1.807) is 7.11 Å². The lowest BCUT2D eigenvalue weighted by Gasteiger charge is -2.08. The third-order valence-corrected chi connectivity index (χ3v) is 3.89. The van der Waals surface area contributed by atoms with Gasteiger partial charge < -0.3 is 14.6 Å². The summed E-state index contributed by atoms with van der Waals surface area (Å²) in [4.78, 5) is 16.6. The maximum Gasteiger partial charge on any atom is 0.251 e. The van der Waals surface area contributed by atoms with Crippen LogP contribution in [0.2, 0.25) is 0 Å². The minimum atomic E-state index is -0.0524. The van der Waals surface area contributed by atoms with Crippen LogP contribution in [0.5, 0.6) is 0 Å². The second-order valence-corrected chi connectivity index (χ2v) is 5.67. The van der Waals surface area contributed by atoms with Crippen LogP contribution in [0.1, 0.15) is 22.3 Å². The Morgan fingerprint density at radius 1 is 1.21 bits per heavy atom. The van der Waals surface area contributed by atoms with Gasteiger partial charge in [0.2, 0.25) is 0 Å². The zero-order valence-electron chi connectivity index (χ0n) is 13.7. The molecule has 1 N–H and O–H groups in total. The van der Waals surface area contributed by atoms with Gasteiger partial charge in [0, 0.05) is 25.8 Å². The Morgan fingerprint density at radius 3 is 2.96 bits per heavy atom. The van der Waals surface area contributed by atoms with Crippen LogP contribution in [-0.4, -0.2) is 29.1 Å². The number of fused-ring (bicyclic) bond motifs is 1. The first-order valence-electron chi connectivity index (χ1n) is 8.04. The van der Waals surface area contributed by atoms with Gasteiger partial charge in [-0.15, -0.1) is 0 Å². The molecule has 1 amide bonds. The van der Waals surface area contributed by atoms with Gasteiger partial charge in [-0.1, -0.05) is 24.3 Å². The van der Waals surface area contributed by atoms with E-state index in [1.165, 1.54) is 0 Å². The molecule has 3 rings (SSSR count). The number of methoxy groups -OCH3 is 1. The van der Waals surface area contributed by atoms with E-state index in [0.29, 0.717) is 18.7 Å². The highest BCUT2D eigenvalue weighted by molar-refractivity contribution is 5.94. The SMILES string of the molecule is COCc1cccc(C(=O)NCCCn2cnc3ccccc32)c1. The zero-order valence-corrected chi connectivity index (χ0v) is 13.7. The van der Waals surface area contributed by atoms with Gasteiger partial charge in [-0.25, -0.2) is 4.98 Å². The molecule has 0 bridgehead atoms. The summed E-state index contributed by atoms with van der Waals surface area (Å²) in [5, 5.41) is 2.97. The Kier molecular flexibility index (Phi) is 5.23. The molecular formula is C19H21N3O2. The maximum atomic E-state index is 12.2. The van der Waals surface area contributed by atoms with Crippen LogP contribution in [0.25, 0.3) is 11.0 Å². The molecule has 0 aliphatic rings. The number of carbonyl (C=O) groups is 1. The smallest absolute Gasteiger partial charge is 0.251 e. The number of nitrogens with zero attached hydrogens (tertiary/aromatic N) is 2. The fourth-order valence-electron chi connectivity index (χ4n) is 2.71. The molecule has 0 saturated heterocycles. The Hall–Kier alpha value is -2.66. The standard InChI is InChI=1S/C19H21N3O2/c1-24-13-15-6-4-7-16(12-15)19(23)20-10-5-11-22-14-21-17-8-2-3-9-18(17)22/h2-4,6-9,12,14H,5,10-11,13H2,1H3,(H,20,23). The second kappa shape index (κ2) is 7.75. The third kappa shape index (κ3) is 3.81. The lowest BCUT2D eigenvalue weighted by molar-refractivity contribution is 0.0952. The van der Waals surface area contributed by atoms with Crippen molar-refractivity contribution in [3.63, 3.8) is 0 Å². The van der Waals surface area contributed by atoms with Gasteiger partial charge in [-0.05, 0) is 36.2 Å². The van der Waals surface area contributed by atoms with E-state index in [2.05, 4.69) is 20.9 Å². The second-order valence-electron chi connectivity index (χ2n) is 5.67. The molecule has 5 heteroatoms. The van der Waals surface area contributed by atoms with Crippen molar-refractivity contribution in [3.8, 4) is 0 Å². The molecule has 0 atom stereocenters. The molecule has 1 aromatic heterocycles. The van der Waals surface area contributed by atoms with Crippen LogP contribution in [0, 0.1) is 0 Å². The van der Waals surface area contributed by atoms with Crippen LogP contribution in [0.4, 0.5) is 0 Å². The van der Waals surface area contributed by atoms with Crippen molar-refractivity contribution in [3.05, 3.63) is 66.0 Å². The van der Waals surface area contributed by atoms with Crippen LogP contribution in [0.15, 0.2) is 54.9 Å². The molecule has 2 aromatic carbocycles. The predicted molar refractivity (Wildman–Crippen MR) is 93.8 cm³/mol. The fourth-order valence-corrected chi connectivity index (χ4v) is 2.71. The summed E-state index contributed by atoms with van der Waals surface area (Å²) in [6, 6.07) is 15.6. The number of aromatic nitrogens is 2. The normalized spacial score (nSPS) is 10.9. The minimum absolute atomic E-state index is 0.0524. The Bertz CT molecular complexity index is 826. The lowest BCUT2D eigenvalue weighted by atomic mass is 10.1. The van der Waals surface area contributed by atoms with Crippen molar-refractivity contribution in [1.82, 2.24) is 14.9 Å². The molecule has 0 spiro atoms. The van der Waals surface area contributed by atoms with E-state index >= 15 is 0 Å². The average Bonchev–Trinajstić information content (AvgIpc) is 3.02. The van der Waals surface area contributed by atoms with Gasteiger partial charge >= 0.3 is 0 Å². The summed E-state index contributed by atoms with van der Waals surface area (Å²) in [6.07, 6.45) is 2.70. The van der Waals surface area contributed by atoms with Gasteiger partial charge in [0.05, 0.1) is 24.0 Å². The molecular weight excluding hydrogens is 302 g/mol. The minimum Gasteiger partial charge on any atom is -0.380 e. The third-order valence-electron chi connectivity index (χ3n) is 3.89. The first-order valence-corrected chi connectivity index (χ1v) is 8.04. The van der Waals surface area contributed by atoms with Crippen molar-refractivity contribution in [2.45, 2.75) is 19.6 Å². The van der Waals surface area contributed by atoms with E-state index in [-0.39, 0.29) is 5.91 Å². The first-order chi connectivity index (χ1) is 11.8. The molecule has 5 nitrogen and oxygen atoms in total.